The maximum atomic E-state index is 12.8. The number of rotatable bonds is 7. The number of carbonyl (C=O) groups excluding carboxylic acids is 1. The highest BCUT2D eigenvalue weighted by molar-refractivity contribution is 5.74. The molecule has 3 N–H and O–H groups in total. The zero-order valence-electron chi connectivity index (χ0n) is 13.8. The molecule has 0 bridgehead atoms. The van der Waals surface area contributed by atoms with Gasteiger partial charge in [0.2, 0.25) is 0 Å². The largest absolute Gasteiger partial charge is 0.508 e. The van der Waals surface area contributed by atoms with Crippen molar-refractivity contribution in [2.75, 3.05) is 6.54 Å². The Labute approximate surface area is 141 Å². The van der Waals surface area contributed by atoms with Crippen LogP contribution in [0, 0.1) is 5.82 Å². The number of aromatic hydroxyl groups is 1. The van der Waals surface area contributed by atoms with Crippen LogP contribution in [0.3, 0.4) is 0 Å². The van der Waals surface area contributed by atoms with Gasteiger partial charge in [0.25, 0.3) is 0 Å². The summed E-state index contributed by atoms with van der Waals surface area (Å²) in [5, 5.41) is 15.0. The van der Waals surface area contributed by atoms with E-state index in [2.05, 4.69) is 10.6 Å². The van der Waals surface area contributed by atoms with E-state index in [0.717, 1.165) is 24.0 Å². The molecule has 0 spiro atoms. The molecule has 0 aliphatic heterocycles. The van der Waals surface area contributed by atoms with Crippen LogP contribution in [-0.4, -0.2) is 23.7 Å². The van der Waals surface area contributed by atoms with Gasteiger partial charge in [-0.15, -0.1) is 0 Å². The zero-order chi connectivity index (χ0) is 17.4. The van der Waals surface area contributed by atoms with E-state index in [9.17, 15) is 14.3 Å². The van der Waals surface area contributed by atoms with Crippen molar-refractivity contribution in [1.29, 1.82) is 0 Å². The van der Waals surface area contributed by atoms with E-state index in [-0.39, 0.29) is 23.6 Å². The third-order valence-corrected chi connectivity index (χ3v) is 3.79. The first kappa shape index (κ1) is 17.8. The SMILES string of the molecule is CC(CCc1ccc(O)cc1)NC(=O)NCCc1ccc(F)cc1. The Bertz CT molecular complexity index is 641. The summed E-state index contributed by atoms with van der Waals surface area (Å²) in [4.78, 5) is 11.8. The average Bonchev–Trinajstić information content (AvgIpc) is 2.56. The topological polar surface area (TPSA) is 61.4 Å². The molecule has 2 aromatic rings. The molecule has 2 aromatic carbocycles. The first-order valence-corrected chi connectivity index (χ1v) is 8.09. The highest BCUT2D eigenvalue weighted by Crippen LogP contribution is 2.11. The molecule has 0 radical (unpaired) electrons. The lowest BCUT2D eigenvalue weighted by atomic mass is 10.1. The second kappa shape index (κ2) is 8.91. The first-order valence-electron chi connectivity index (χ1n) is 8.09. The number of amides is 2. The normalized spacial score (nSPS) is 11.8. The molecule has 0 aliphatic carbocycles. The van der Waals surface area contributed by atoms with Gasteiger partial charge in [-0.25, -0.2) is 9.18 Å². The molecular formula is C19H23FN2O2. The summed E-state index contributed by atoms with van der Waals surface area (Å²) >= 11 is 0. The Balaban J connectivity index is 1.64. The van der Waals surface area contributed by atoms with Crippen molar-refractivity contribution in [3.8, 4) is 5.75 Å². The fourth-order valence-electron chi connectivity index (χ4n) is 2.36. The van der Waals surface area contributed by atoms with E-state index < -0.39 is 0 Å². The number of urea groups is 1. The Hall–Kier alpha value is -2.56. The summed E-state index contributed by atoms with van der Waals surface area (Å²) < 4.78 is 12.8. The Morgan fingerprint density at radius 2 is 1.62 bits per heavy atom. The van der Waals surface area contributed by atoms with Crippen molar-refractivity contribution in [1.82, 2.24) is 10.6 Å². The van der Waals surface area contributed by atoms with Gasteiger partial charge in [0, 0.05) is 12.6 Å². The second-order valence-corrected chi connectivity index (χ2v) is 5.88. The molecule has 2 rings (SSSR count). The quantitative estimate of drug-likeness (QED) is 0.729. The van der Waals surface area contributed by atoms with Gasteiger partial charge in [-0.3, -0.25) is 0 Å². The Morgan fingerprint density at radius 1 is 1.04 bits per heavy atom. The summed E-state index contributed by atoms with van der Waals surface area (Å²) in [7, 11) is 0. The minimum atomic E-state index is -0.257. The van der Waals surface area contributed by atoms with Crippen molar-refractivity contribution in [2.45, 2.75) is 32.2 Å². The summed E-state index contributed by atoms with van der Waals surface area (Å²) in [6.45, 7) is 2.46. The van der Waals surface area contributed by atoms with Crippen molar-refractivity contribution in [3.05, 3.63) is 65.5 Å². The molecule has 2 amide bonds. The summed E-state index contributed by atoms with van der Waals surface area (Å²) in [5.74, 6) is -0.00244. The van der Waals surface area contributed by atoms with Crippen LogP contribution in [0.5, 0.6) is 5.75 Å². The van der Waals surface area contributed by atoms with Gasteiger partial charge >= 0.3 is 6.03 Å². The molecule has 1 atom stereocenters. The summed E-state index contributed by atoms with van der Waals surface area (Å²) in [5.41, 5.74) is 2.11. The molecule has 0 heterocycles. The van der Waals surface area contributed by atoms with Crippen molar-refractivity contribution >= 4 is 6.03 Å². The van der Waals surface area contributed by atoms with E-state index in [4.69, 9.17) is 0 Å². The fourth-order valence-corrected chi connectivity index (χ4v) is 2.36. The van der Waals surface area contributed by atoms with E-state index in [1.165, 1.54) is 12.1 Å². The maximum absolute atomic E-state index is 12.8. The van der Waals surface area contributed by atoms with Crippen LogP contribution < -0.4 is 10.6 Å². The minimum absolute atomic E-state index is 0.0459. The summed E-state index contributed by atoms with van der Waals surface area (Å²) in [6.07, 6.45) is 2.31. The molecule has 0 fully saturated rings. The molecule has 4 nitrogen and oxygen atoms in total. The highest BCUT2D eigenvalue weighted by atomic mass is 19.1. The molecular weight excluding hydrogens is 307 g/mol. The predicted molar refractivity (Wildman–Crippen MR) is 92.5 cm³/mol. The molecule has 1 unspecified atom stereocenters. The standard InChI is InChI=1S/C19H23FN2O2/c1-14(2-3-15-6-10-18(23)11-7-15)22-19(24)21-13-12-16-4-8-17(20)9-5-16/h4-11,14,23H,2-3,12-13H2,1H3,(H2,21,22,24). The van der Waals surface area contributed by atoms with Gasteiger partial charge in [-0.1, -0.05) is 24.3 Å². The number of aryl methyl sites for hydroxylation is 1. The Morgan fingerprint density at radius 3 is 2.29 bits per heavy atom. The number of phenols is 1. The highest BCUT2D eigenvalue weighted by Gasteiger charge is 2.07. The second-order valence-electron chi connectivity index (χ2n) is 5.88. The number of carbonyl (C=O) groups is 1. The lowest BCUT2D eigenvalue weighted by Gasteiger charge is -2.14. The van der Waals surface area contributed by atoms with Crippen LogP contribution >= 0.6 is 0 Å². The number of phenolic OH excluding ortho intramolecular Hbond substituents is 1. The third kappa shape index (κ3) is 6.28. The van der Waals surface area contributed by atoms with E-state index in [1.807, 2.05) is 19.1 Å². The van der Waals surface area contributed by atoms with Crippen LogP contribution in [0.25, 0.3) is 0 Å². The lowest BCUT2D eigenvalue weighted by Crippen LogP contribution is -2.41. The van der Waals surface area contributed by atoms with Gasteiger partial charge in [-0.2, -0.15) is 0 Å². The van der Waals surface area contributed by atoms with Gasteiger partial charge in [0.15, 0.2) is 0 Å². The average molecular weight is 330 g/mol. The molecule has 0 saturated heterocycles. The molecule has 128 valence electrons. The van der Waals surface area contributed by atoms with Crippen molar-refractivity contribution in [2.24, 2.45) is 0 Å². The van der Waals surface area contributed by atoms with Crippen LogP contribution in [0.1, 0.15) is 24.5 Å². The van der Waals surface area contributed by atoms with Crippen molar-refractivity contribution < 1.29 is 14.3 Å². The number of halogens is 1. The molecule has 24 heavy (non-hydrogen) atoms. The molecule has 0 aromatic heterocycles. The van der Waals surface area contributed by atoms with Crippen LogP contribution in [0.4, 0.5) is 9.18 Å². The van der Waals surface area contributed by atoms with E-state index in [1.54, 1.807) is 24.3 Å². The van der Waals surface area contributed by atoms with Crippen molar-refractivity contribution in [3.63, 3.8) is 0 Å². The molecule has 0 aliphatic rings. The maximum Gasteiger partial charge on any atom is 0.315 e. The molecule has 5 heteroatoms. The van der Waals surface area contributed by atoms with E-state index >= 15 is 0 Å². The van der Waals surface area contributed by atoms with Gasteiger partial charge in [0.1, 0.15) is 11.6 Å². The van der Waals surface area contributed by atoms with Crippen LogP contribution in [-0.2, 0) is 12.8 Å². The van der Waals surface area contributed by atoms with Gasteiger partial charge in [-0.05, 0) is 61.6 Å². The number of nitrogens with one attached hydrogen (secondary N) is 2. The summed E-state index contributed by atoms with van der Waals surface area (Å²) in [6, 6.07) is 13.2. The monoisotopic (exact) mass is 330 g/mol. The fraction of sp³-hybridized carbons (Fsp3) is 0.316. The van der Waals surface area contributed by atoms with Gasteiger partial charge < -0.3 is 15.7 Å². The zero-order valence-corrected chi connectivity index (χ0v) is 13.8. The first-order chi connectivity index (χ1) is 11.5. The van der Waals surface area contributed by atoms with Gasteiger partial charge in [0.05, 0.1) is 0 Å². The van der Waals surface area contributed by atoms with Crippen LogP contribution in [0.2, 0.25) is 0 Å². The Kier molecular flexibility index (Phi) is 6.61. The van der Waals surface area contributed by atoms with E-state index in [0.29, 0.717) is 13.0 Å². The smallest absolute Gasteiger partial charge is 0.315 e. The number of hydrogen-bond donors (Lipinski definition) is 3. The predicted octanol–water partition coefficient (Wildman–Crippen LogP) is 3.39. The third-order valence-electron chi connectivity index (χ3n) is 3.79. The van der Waals surface area contributed by atoms with Crippen LogP contribution in [0.15, 0.2) is 48.5 Å². The molecule has 0 saturated carbocycles. The number of hydrogen-bond acceptors (Lipinski definition) is 2. The minimum Gasteiger partial charge on any atom is -0.508 e. The lowest BCUT2D eigenvalue weighted by molar-refractivity contribution is 0.237. The number of benzene rings is 2.